The normalized spacial score (nSPS) is 12.5. The van der Waals surface area contributed by atoms with Crippen molar-refractivity contribution in [3.8, 4) is 0 Å². The van der Waals surface area contributed by atoms with Crippen molar-refractivity contribution >= 4 is 31.9 Å². The number of hydrazine groups is 1. The number of nitrogens with two attached hydrogens (primary N) is 1. The molecule has 0 aliphatic rings. The first-order valence-corrected chi connectivity index (χ1v) is 7.40. The van der Waals surface area contributed by atoms with Gasteiger partial charge in [-0.05, 0) is 36.2 Å². The average Bonchev–Trinajstić information content (AvgIpc) is 2.43. The summed E-state index contributed by atoms with van der Waals surface area (Å²) in [6.07, 6.45) is 0. The van der Waals surface area contributed by atoms with Gasteiger partial charge >= 0.3 is 0 Å². The molecule has 1 atom stereocenters. The zero-order valence-corrected chi connectivity index (χ0v) is 13.7. The van der Waals surface area contributed by atoms with Crippen LogP contribution in [0.2, 0.25) is 0 Å². The van der Waals surface area contributed by atoms with Crippen molar-refractivity contribution in [3.05, 3.63) is 67.6 Å². The van der Waals surface area contributed by atoms with Gasteiger partial charge in [0, 0.05) is 14.5 Å². The molecule has 106 valence electrons. The first-order chi connectivity index (χ1) is 9.45. The van der Waals surface area contributed by atoms with Crippen molar-refractivity contribution in [1.82, 2.24) is 5.43 Å². The minimum absolute atomic E-state index is 0.161. The molecular weight excluding hydrogens is 394 g/mol. The Labute approximate surface area is 132 Å². The topological polar surface area (TPSA) is 38.0 Å². The summed E-state index contributed by atoms with van der Waals surface area (Å²) in [6.45, 7) is 1.52. The van der Waals surface area contributed by atoms with Crippen LogP contribution >= 0.6 is 31.9 Å². The number of nitrogens with one attached hydrogen (secondary N) is 1. The summed E-state index contributed by atoms with van der Waals surface area (Å²) >= 11 is 6.75. The fraction of sp³-hybridized carbons (Fsp3) is 0.143. The van der Waals surface area contributed by atoms with Gasteiger partial charge in [0.25, 0.3) is 0 Å². The van der Waals surface area contributed by atoms with Gasteiger partial charge in [0.05, 0.1) is 6.04 Å². The highest BCUT2D eigenvalue weighted by atomic mass is 79.9. The Morgan fingerprint density at radius 1 is 1.05 bits per heavy atom. The third-order valence-corrected chi connectivity index (χ3v) is 4.27. The highest BCUT2D eigenvalue weighted by molar-refractivity contribution is 9.11. The van der Waals surface area contributed by atoms with Gasteiger partial charge in [-0.3, -0.25) is 5.84 Å². The van der Waals surface area contributed by atoms with Crippen molar-refractivity contribution in [2.45, 2.75) is 13.0 Å². The molecule has 0 aliphatic carbocycles. The van der Waals surface area contributed by atoms with Crippen LogP contribution in [-0.4, -0.2) is 0 Å². The van der Waals surface area contributed by atoms with Gasteiger partial charge in [0.2, 0.25) is 0 Å². The Kier molecular flexibility index (Phi) is 4.90. The fourth-order valence-electron chi connectivity index (χ4n) is 1.97. The van der Waals surface area contributed by atoms with Gasteiger partial charge < -0.3 is 0 Å². The number of aryl methyl sites for hydroxylation is 1. The van der Waals surface area contributed by atoms with E-state index in [4.69, 9.17) is 5.84 Å². The molecule has 0 spiro atoms. The van der Waals surface area contributed by atoms with Gasteiger partial charge in [-0.2, -0.15) is 0 Å². The lowest BCUT2D eigenvalue weighted by molar-refractivity contribution is 0.478. The van der Waals surface area contributed by atoms with Gasteiger partial charge in [0.1, 0.15) is 0 Å². The largest absolute Gasteiger partial charge is 0.271 e. The first kappa shape index (κ1) is 15.6. The molecule has 0 saturated carbocycles. The van der Waals surface area contributed by atoms with Crippen molar-refractivity contribution < 1.29 is 8.78 Å². The standard InChI is InChI=1S/C14H12Br2F2N2/c1-7-2-4-9(13(18)12(7)17)14(20-19)10-6-8(15)3-5-11(10)16/h2-6,14,20H,19H2,1H3. The number of rotatable bonds is 3. The molecular formula is C14H12Br2F2N2. The van der Waals surface area contributed by atoms with Crippen LogP contribution in [0.3, 0.4) is 0 Å². The first-order valence-electron chi connectivity index (χ1n) is 5.81. The summed E-state index contributed by atoms with van der Waals surface area (Å²) < 4.78 is 29.4. The van der Waals surface area contributed by atoms with E-state index in [1.807, 2.05) is 12.1 Å². The second-order valence-corrected chi connectivity index (χ2v) is 6.14. The van der Waals surface area contributed by atoms with Crippen molar-refractivity contribution in [1.29, 1.82) is 0 Å². The average molecular weight is 406 g/mol. The minimum atomic E-state index is -0.889. The molecule has 1 unspecified atom stereocenters. The van der Waals surface area contributed by atoms with E-state index in [-0.39, 0.29) is 11.1 Å². The molecule has 2 rings (SSSR count). The van der Waals surface area contributed by atoms with E-state index in [9.17, 15) is 8.78 Å². The maximum atomic E-state index is 14.1. The molecule has 0 aromatic heterocycles. The van der Waals surface area contributed by atoms with Gasteiger partial charge in [0.15, 0.2) is 11.6 Å². The third kappa shape index (κ3) is 2.93. The summed E-state index contributed by atoms with van der Waals surface area (Å²) in [6, 6.07) is 7.86. The quantitative estimate of drug-likeness (QED) is 0.588. The van der Waals surface area contributed by atoms with E-state index < -0.39 is 17.7 Å². The lowest BCUT2D eigenvalue weighted by Gasteiger charge is -2.20. The van der Waals surface area contributed by atoms with Crippen LogP contribution in [0, 0.1) is 18.6 Å². The molecule has 0 radical (unpaired) electrons. The lowest BCUT2D eigenvalue weighted by Crippen LogP contribution is -2.30. The molecule has 2 aromatic rings. The smallest absolute Gasteiger partial charge is 0.164 e. The summed E-state index contributed by atoms with van der Waals surface area (Å²) in [5.74, 6) is 3.80. The van der Waals surface area contributed by atoms with Crippen molar-refractivity contribution in [3.63, 3.8) is 0 Å². The predicted molar refractivity (Wildman–Crippen MR) is 82.1 cm³/mol. The molecule has 0 aliphatic heterocycles. The van der Waals surface area contributed by atoms with Crippen LogP contribution in [0.4, 0.5) is 8.78 Å². The molecule has 0 heterocycles. The number of hydrogen-bond donors (Lipinski definition) is 2. The molecule has 0 amide bonds. The molecule has 0 fully saturated rings. The lowest BCUT2D eigenvalue weighted by atomic mass is 9.97. The van der Waals surface area contributed by atoms with E-state index >= 15 is 0 Å². The Hall–Kier alpha value is -0.820. The zero-order chi connectivity index (χ0) is 14.9. The molecule has 0 bridgehead atoms. The van der Waals surface area contributed by atoms with E-state index in [2.05, 4.69) is 37.3 Å². The zero-order valence-electron chi connectivity index (χ0n) is 10.6. The highest BCUT2D eigenvalue weighted by Crippen LogP contribution is 2.32. The Balaban J connectivity index is 2.58. The molecule has 6 heteroatoms. The van der Waals surface area contributed by atoms with E-state index in [0.717, 1.165) is 8.95 Å². The van der Waals surface area contributed by atoms with Crippen LogP contribution in [0.15, 0.2) is 39.3 Å². The monoisotopic (exact) mass is 404 g/mol. The summed E-state index contributed by atoms with van der Waals surface area (Å²) in [7, 11) is 0. The summed E-state index contributed by atoms with van der Waals surface area (Å²) in [5.41, 5.74) is 3.67. The maximum Gasteiger partial charge on any atom is 0.164 e. The Bertz CT molecular complexity index is 647. The van der Waals surface area contributed by atoms with E-state index in [1.54, 1.807) is 6.07 Å². The number of benzene rings is 2. The maximum absolute atomic E-state index is 14.1. The number of halogens is 4. The van der Waals surface area contributed by atoms with Crippen LogP contribution < -0.4 is 11.3 Å². The van der Waals surface area contributed by atoms with Gasteiger partial charge in [-0.15, -0.1) is 0 Å². The van der Waals surface area contributed by atoms with E-state index in [1.165, 1.54) is 19.1 Å². The predicted octanol–water partition coefficient (Wildman–Crippen LogP) is 4.35. The SMILES string of the molecule is Cc1ccc(C(NN)c2cc(Br)ccc2Br)c(F)c1F. The minimum Gasteiger partial charge on any atom is -0.271 e. The molecule has 20 heavy (non-hydrogen) atoms. The second-order valence-electron chi connectivity index (χ2n) is 4.37. The van der Waals surface area contributed by atoms with Gasteiger partial charge in [-0.1, -0.05) is 44.0 Å². The molecule has 2 nitrogen and oxygen atoms in total. The Morgan fingerprint density at radius 3 is 2.40 bits per heavy atom. The van der Waals surface area contributed by atoms with Crippen molar-refractivity contribution in [2.75, 3.05) is 0 Å². The Morgan fingerprint density at radius 2 is 1.75 bits per heavy atom. The van der Waals surface area contributed by atoms with Crippen LogP contribution in [0.25, 0.3) is 0 Å². The molecule has 2 aromatic carbocycles. The van der Waals surface area contributed by atoms with Gasteiger partial charge in [-0.25, -0.2) is 14.2 Å². The van der Waals surface area contributed by atoms with E-state index in [0.29, 0.717) is 5.56 Å². The summed E-state index contributed by atoms with van der Waals surface area (Å²) in [5, 5.41) is 0. The van der Waals surface area contributed by atoms with Crippen LogP contribution in [-0.2, 0) is 0 Å². The van der Waals surface area contributed by atoms with Crippen LogP contribution in [0.1, 0.15) is 22.7 Å². The third-order valence-electron chi connectivity index (χ3n) is 3.05. The molecule has 0 saturated heterocycles. The fourth-order valence-corrected chi connectivity index (χ4v) is 2.82. The van der Waals surface area contributed by atoms with Crippen molar-refractivity contribution in [2.24, 2.45) is 5.84 Å². The molecule has 3 N–H and O–H groups in total. The highest BCUT2D eigenvalue weighted by Gasteiger charge is 2.22. The summed E-state index contributed by atoms with van der Waals surface area (Å²) in [4.78, 5) is 0. The van der Waals surface area contributed by atoms with Crippen LogP contribution in [0.5, 0.6) is 0 Å². The second kappa shape index (κ2) is 6.30. The number of hydrogen-bond acceptors (Lipinski definition) is 2.